The number of anilines is 1. The van der Waals surface area contributed by atoms with E-state index in [1.165, 1.54) is 13.1 Å². The van der Waals surface area contributed by atoms with Crippen molar-refractivity contribution in [2.24, 2.45) is 0 Å². The predicted molar refractivity (Wildman–Crippen MR) is 96.4 cm³/mol. The number of nitrogens with one attached hydrogen (secondary N) is 3. The van der Waals surface area contributed by atoms with Crippen LogP contribution in [0.2, 0.25) is 0 Å². The lowest BCUT2D eigenvalue weighted by atomic mass is 9.88. The molecule has 158 valence electrons. The molecule has 0 saturated heterocycles. The van der Waals surface area contributed by atoms with Gasteiger partial charge in [0.15, 0.2) is 0 Å². The molecule has 0 radical (unpaired) electrons. The van der Waals surface area contributed by atoms with Crippen molar-refractivity contribution in [2.75, 3.05) is 18.9 Å². The molecule has 0 saturated carbocycles. The van der Waals surface area contributed by atoms with Gasteiger partial charge in [-0.1, -0.05) is 0 Å². The summed E-state index contributed by atoms with van der Waals surface area (Å²) in [5.41, 5.74) is -4.20. The minimum absolute atomic E-state index is 0.0895. The molecule has 0 fully saturated rings. The molecule has 30 heavy (non-hydrogen) atoms. The van der Waals surface area contributed by atoms with Gasteiger partial charge in [0.1, 0.15) is 5.82 Å². The van der Waals surface area contributed by atoms with Crippen LogP contribution >= 0.6 is 0 Å². The van der Waals surface area contributed by atoms with Gasteiger partial charge < -0.3 is 15.4 Å². The topological polar surface area (TPSA) is 96.5 Å². The van der Waals surface area contributed by atoms with Crippen molar-refractivity contribution >= 4 is 23.6 Å². The average Bonchev–Trinajstić information content (AvgIpc) is 2.70. The van der Waals surface area contributed by atoms with Gasteiger partial charge in [0.2, 0.25) is 0 Å². The highest BCUT2D eigenvalue weighted by atomic mass is 19.4. The Morgan fingerprint density at radius 3 is 2.30 bits per heavy atom. The summed E-state index contributed by atoms with van der Waals surface area (Å²) in [5, 5.41) is 6.51. The molecular weight excluding hydrogens is 410 g/mol. The first-order valence-corrected chi connectivity index (χ1v) is 8.54. The first kappa shape index (κ1) is 21.1. The number of cyclic esters (lactones) is 1. The fourth-order valence-electron chi connectivity index (χ4n) is 2.97. The summed E-state index contributed by atoms with van der Waals surface area (Å²) in [6, 6.07) is 7.46. The van der Waals surface area contributed by atoms with Crippen LogP contribution in [0.3, 0.4) is 0 Å². The fourth-order valence-corrected chi connectivity index (χ4v) is 2.97. The number of ether oxygens (including phenoxy) is 1. The van der Waals surface area contributed by atoms with Crippen molar-refractivity contribution in [3.63, 3.8) is 0 Å². The van der Waals surface area contributed by atoms with Gasteiger partial charge in [-0.15, -0.1) is 0 Å². The van der Waals surface area contributed by atoms with Crippen molar-refractivity contribution < 1.29 is 36.7 Å². The molecular formula is C19H15F4N3O4. The van der Waals surface area contributed by atoms with Gasteiger partial charge in [-0.3, -0.25) is 14.9 Å². The summed E-state index contributed by atoms with van der Waals surface area (Å²) < 4.78 is 60.2. The van der Waals surface area contributed by atoms with Gasteiger partial charge in [0, 0.05) is 23.7 Å². The minimum atomic E-state index is -5.14. The number of rotatable bonds is 4. The van der Waals surface area contributed by atoms with Crippen LogP contribution in [-0.2, 0) is 10.3 Å². The monoisotopic (exact) mass is 425 g/mol. The Balaban J connectivity index is 2.02. The van der Waals surface area contributed by atoms with Gasteiger partial charge in [-0.05, 0) is 42.5 Å². The molecule has 3 N–H and O–H groups in total. The third-order valence-electron chi connectivity index (χ3n) is 4.51. The van der Waals surface area contributed by atoms with Crippen molar-refractivity contribution in [1.29, 1.82) is 0 Å². The van der Waals surface area contributed by atoms with Gasteiger partial charge in [-0.25, -0.2) is 9.18 Å². The number of carbonyl (C=O) groups excluding carboxylic acids is 3. The lowest BCUT2D eigenvalue weighted by molar-refractivity contribution is -0.261. The number of carbonyl (C=O) groups is 3. The van der Waals surface area contributed by atoms with Crippen molar-refractivity contribution in [3.8, 4) is 0 Å². The summed E-state index contributed by atoms with van der Waals surface area (Å²) >= 11 is 0. The maximum absolute atomic E-state index is 14.2. The Kier molecular flexibility index (Phi) is 5.38. The second-order valence-corrected chi connectivity index (χ2v) is 6.37. The van der Waals surface area contributed by atoms with Gasteiger partial charge in [0.25, 0.3) is 17.4 Å². The normalized spacial score (nSPS) is 18.0. The number of halogens is 4. The standard InChI is InChI=1S/C19H15F4N3O4/c1-24-15(27)11-4-7-14-13(8-11)18(19(21,22)23,30-17(29)26-14)9-25-16(28)10-2-5-12(20)6-3-10/h2-8H,9H2,1H3,(H,24,27)(H,25,28)(H,26,29). The molecule has 2 aromatic rings. The van der Waals surface area contributed by atoms with E-state index in [2.05, 4.69) is 20.7 Å². The second-order valence-electron chi connectivity index (χ2n) is 6.37. The molecule has 7 nitrogen and oxygen atoms in total. The highest BCUT2D eigenvalue weighted by Crippen LogP contribution is 2.47. The Morgan fingerprint density at radius 1 is 1.07 bits per heavy atom. The van der Waals surface area contributed by atoms with Crippen LogP contribution in [0.1, 0.15) is 26.3 Å². The van der Waals surface area contributed by atoms with Crippen molar-refractivity contribution in [2.45, 2.75) is 11.8 Å². The minimum Gasteiger partial charge on any atom is -0.426 e. The SMILES string of the molecule is CNC(=O)c1ccc2c(c1)C(CNC(=O)c1ccc(F)cc1)(C(F)(F)F)OC(=O)N2. The molecule has 1 unspecified atom stereocenters. The highest BCUT2D eigenvalue weighted by Gasteiger charge is 2.62. The number of fused-ring (bicyclic) bond motifs is 1. The summed E-state index contributed by atoms with van der Waals surface area (Å²) in [4.78, 5) is 36.0. The fraction of sp³-hybridized carbons (Fsp3) is 0.211. The van der Waals surface area contributed by atoms with E-state index in [0.29, 0.717) is 0 Å². The smallest absolute Gasteiger partial charge is 0.426 e. The summed E-state index contributed by atoms with van der Waals surface area (Å²) in [7, 11) is 1.31. The number of amides is 3. The van der Waals surface area contributed by atoms with E-state index < -0.39 is 47.6 Å². The van der Waals surface area contributed by atoms with Crippen molar-refractivity contribution in [3.05, 3.63) is 65.0 Å². The van der Waals surface area contributed by atoms with Crippen LogP contribution in [0.25, 0.3) is 0 Å². The first-order chi connectivity index (χ1) is 14.1. The maximum atomic E-state index is 14.2. The molecule has 0 aliphatic carbocycles. The van der Waals surface area contributed by atoms with E-state index in [1.807, 2.05) is 0 Å². The van der Waals surface area contributed by atoms with Gasteiger partial charge in [0.05, 0.1) is 12.2 Å². The maximum Gasteiger partial charge on any atom is 0.434 e. The molecule has 1 aliphatic rings. The zero-order chi connectivity index (χ0) is 22.1. The molecule has 3 rings (SSSR count). The van der Waals surface area contributed by atoms with Crippen LogP contribution in [0.15, 0.2) is 42.5 Å². The molecule has 0 aromatic heterocycles. The number of alkyl halides is 3. The van der Waals surface area contributed by atoms with Crippen LogP contribution in [0, 0.1) is 5.82 Å². The molecule has 2 aromatic carbocycles. The number of hydrogen-bond donors (Lipinski definition) is 3. The van der Waals surface area contributed by atoms with Crippen LogP contribution in [-0.4, -0.2) is 37.7 Å². The van der Waals surface area contributed by atoms with Gasteiger partial charge in [-0.2, -0.15) is 13.2 Å². The number of hydrogen-bond acceptors (Lipinski definition) is 4. The zero-order valence-corrected chi connectivity index (χ0v) is 15.4. The lowest BCUT2D eigenvalue weighted by Gasteiger charge is -2.39. The van der Waals surface area contributed by atoms with E-state index in [-0.39, 0.29) is 16.8 Å². The molecule has 0 bridgehead atoms. The number of benzene rings is 2. The van der Waals surface area contributed by atoms with E-state index >= 15 is 0 Å². The summed E-state index contributed by atoms with van der Waals surface area (Å²) in [6.07, 6.45) is -6.51. The Morgan fingerprint density at radius 2 is 1.70 bits per heavy atom. The molecule has 3 amide bonds. The van der Waals surface area contributed by atoms with E-state index in [4.69, 9.17) is 0 Å². The summed E-state index contributed by atoms with van der Waals surface area (Å²) in [6.45, 7) is -1.16. The van der Waals surface area contributed by atoms with E-state index in [9.17, 15) is 31.9 Å². The largest absolute Gasteiger partial charge is 0.434 e. The third kappa shape index (κ3) is 3.78. The molecule has 11 heteroatoms. The highest BCUT2D eigenvalue weighted by molar-refractivity contribution is 5.97. The first-order valence-electron chi connectivity index (χ1n) is 8.54. The van der Waals surface area contributed by atoms with E-state index in [1.54, 1.807) is 0 Å². The predicted octanol–water partition coefficient (Wildman–Crippen LogP) is 2.94. The molecule has 0 spiro atoms. The average molecular weight is 425 g/mol. The Hall–Kier alpha value is -3.63. The summed E-state index contributed by atoms with van der Waals surface area (Å²) in [5.74, 6) is -2.21. The van der Waals surface area contributed by atoms with E-state index in [0.717, 1.165) is 36.4 Å². The molecule has 1 heterocycles. The van der Waals surface area contributed by atoms with Crippen LogP contribution < -0.4 is 16.0 Å². The zero-order valence-electron chi connectivity index (χ0n) is 15.4. The third-order valence-corrected chi connectivity index (χ3v) is 4.51. The van der Waals surface area contributed by atoms with Gasteiger partial charge >= 0.3 is 12.3 Å². The van der Waals surface area contributed by atoms with Crippen LogP contribution in [0.5, 0.6) is 0 Å². The Bertz CT molecular complexity index is 1010. The lowest BCUT2D eigenvalue weighted by Crippen LogP contribution is -2.56. The van der Waals surface area contributed by atoms with Crippen LogP contribution in [0.4, 0.5) is 28.0 Å². The van der Waals surface area contributed by atoms with Crippen molar-refractivity contribution in [1.82, 2.24) is 10.6 Å². The second kappa shape index (κ2) is 7.65. The molecule has 1 atom stereocenters. The quantitative estimate of drug-likeness (QED) is 0.657. The Labute approximate surface area is 167 Å². The molecule has 1 aliphatic heterocycles.